The molecule has 2 aromatic carbocycles. The van der Waals surface area contributed by atoms with Crippen LogP contribution in [0.3, 0.4) is 0 Å². The van der Waals surface area contributed by atoms with Gasteiger partial charge >= 0.3 is 12.1 Å². The number of hydrogen-bond donors (Lipinski definition) is 0. The molecule has 0 amide bonds. The van der Waals surface area contributed by atoms with E-state index < -0.39 is 17.7 Å². The Morgan fingerprint density at radius 2 is 1.85 bits per heavy atom. The predicted molar refractivity (Wildman–Crippen MR) is 88.1 cm³/mol. The van der Waals surface area contributed by atoms with Crippen LogP contribution in [0.15, 0.2) is 48.5 Å². The molecule has 0 bridgehead atoms. The van der Waals surface area contributed by atoms with Crippen molar-refractivity contribution >= 4 is 17.6 Å². The summed E-state index contributed by atoms with van der Waals surface area (Å²) in [7, 11) is 1.18. The maximum Gasteiger partial charge on any atom is 0.416 e. The molecule has 26 heavy (non-hydrogen) atoms. The molecule has 0 aliphatic rings. The monoisotopic (exact) mass is 381 g/mol. The topological polar surface area (TPSA) is 57.0 Å². The average Bonchev–Trinajstić information content (AvgIpc) is 3.06. The van der Waals surface area contributed by atoms with Crippen LogP contribution >= 0.6 is 11.6 Å². The van der Waals surface area contributed by atoms with E-state index in [4.69, 9.17) is 11.6 Å². The minimum absolute atomic E-state index is 0.154. The summed E-state index contributed by atoms with van der Waals surface area (Å²) in [5.41, 5.74) is -0.131. The summed E-state index contributed by atoms with van der Waals surface area (Å²) in [6, 6.07) is 11.6. The Balaban J connectivity index is 2.18. The molecule has 0 fully saturated rings. The zero-order valence-corrected chi connectivity index (χ0v) is 14.0. The fraction of sp³-hybridized carbons (Fsp3) is 0.118. The Morgan fingerprint density at radius 3 is 2.42 bits per heavy atom. The van der Waals surface area contributed by atoms with Crippen molar-refractivity contribution in [2.45, 2.75) is 6.18 Å². The number of methoxy groups -OCH3 is 1. The molecular formula is C17H11ClF3N3O2. The second-order valence-electron chi connectivity index (χ2n) is 5.19. The highest BCUT2D eigenvalue weighted by Gasteiger charge is 2.31. The summed E-state index contributed by atoms with van der Waals surface area (Å²) in [5.74, 6) is -0.765. The Bertz CT molecular complexity index is 956. The minimum Gasteiger partial charge on any atom is -0.463 e. The van der Waals surface area contributed by atoms with Crippen molar-refractivity contribution in [2.75, 3.05) is 7.11 Å². The van der Waals surface area contributed by atoms with Gasteiger partial charge in [-0.1, -0.05) is 41.9 Å². The molecule has 0 aliphatic carbocycles. The van der Waals surface area contributed by atoms with Crippen molar-refractivity contribution < 1.29 is 22.7 Å². The number of aromatic nitrogens is 3. The van der Waals surface area contributed by atoms with Gasteiger partial charge in [0, 0.05) is 5.56 Å². The van der Waals surface area contributed by atoms with Crippen LogP contribution in [0.4, 0.5) is 13.2 Å². The fourth-order valence-electron chi connectivity index (χ4n) is 2.29. The van der Waals surface area contributed by atoms with Crippen molar-refractivity contribution in [3.8, 4) is 17.1 Å². The highest BCUT2D eigenvalue weighted by Crippen LogP contribution is 2.34. The molecule has 0 N–H and O–H groups in total. The van der Waals surface area contributed by atoms with Crippen LogP contribution < -0.4 is 0 Å². The first kappa shape index (κ1) is 17.9. The number of ether oxygens (including phenoxy) is 1. The third-order valence-electron chi connectivity index (χ3n) is 3.51. The first-order valence-electron chi connectivity index (χ1n) is 7.29. The molecule has 5 nitrogen and oxygen atoms in total. The van der Waals surface area contributed by atoms with Crippen LogP contribution in [0.1, 0.15) is 16.2 Å². The lowest BCUT2D eigenvalue weighted by atomic mass is 10.2. The van der Waals surface area contributed by atoms with Gasteiger partial charge in [0.2, 0.25) is 0 Å². The molecule has 0 saturated heterocycles. The number of carbonyl (C=O) groups is 1. The zero-order chi connectivity index (χ0) is 18.9. The van der Waals surface area contributed by atoms with Gasteiger partial charge in [0.15, 0.2) is 5.82 Å². The smallest absolute Gasteiger partial charge is 0.416 e. The normalized spacial score (nSPS) is 11.4. The van der Waals surface area contributed by atoms with Crippen molar-refractivity contribution in [3.05, 3.63) is 64.9 Å². The van der Waals surface area contributed by atoms with Gasteiger partial charge in [-0.05, 0) is 18.2 Å². The maximum absolute atomic E-state index is 12.8. The van der Waals surface area contributed by atoms with E-state index in [1.54, 1.807) is 30.3 Å². The van der Waals surface area contributed by atoms with Gasteiger partial charge in [0.25, 0.3) is 5.82 Å². The van der Waals surface area contributed by atoms with E-state index in [0.717, 1.165) is 12.1 Å². The molecule has 134 valence electrons. The minimum atomic E-state index is -4.52. The second kappa shape index (κ2) is 6.80. The lowest BCUT2D eigenvalue weighted by molar-refractivity contribution is -0.137. The summed E-state index contributed by atoms with van der Waals surface area (Å²) in [5, 5.41) is 3.86. The second-order valence-corrected chi connectivity index (χ2v) is 5.60. The Labute approximate surface area is 151 Å². The number of halogens is 4. The van der Waals surface area contributed by atoms with E-state index in [0.29, 0.717) is 5.56 Å². The predicted octanol–water partition coefficient (Wildman–Crippen LogP) is 4.39. The summed E-state index contributed by atoms with van der Waals surface area (Å²) < 4.78 is 44.4. The van der Waals surface area contributed by atoms with E-state index in [2.05, 4.69) is 14.8 Å². The van der Waals surface area contributed by atoms with E-state index in [9.17, 15) is 18.0 Å². The van der Waals surface area contributed by atoms with Gasteiger partial charge < -0.3 is 4.74 Å². The van der Waals surface area contributed by atoms with Crippen LogP contribution in [0.2, 0.25) is 5.02 Å². The molecular weight excluding hydrogens is 371 g/mol. The van der Waals surface area contributed by atoms with Crippen molar-refractivity contribution in [1.29, 1.82) is 0 Å². The number of carbonyl (C=O) groups excluding carboxylic acids is 1. The van der Waals surface area contributed by atoms with Gasteiger partial charge in [-0.3, -0.25) is 0 Å². The summed E-state index contributed by atoms with van der Waals surface area (Å²) in [6.07, 6.45) is -4.52. The first-order chi connectivity index (χ1) is 12.3. The lowest BCUT2D eigenvalue weighted by Gasteiger charge is -2.11. The van der Waals surface area contributed by atoms with Crippen molar-refractivity contribution in [3.63, 3.8) is 0 Å². The zero-order valence-electron chi connectivity index (χ0n) is 13.3. The van der Waals surface area contributed by atoms with E-state index in [1.165, 1.54) is 17.9 Å². The van der Waals surface area contributed by atoms with Crippen LogP contribution in [-0.4, -0.2) is 27.8 Å². The largest absolute Gasteiger partial charge is 0.463 e. The molecule has 1 heterocycles. The van der Waals surface area contributed by atoms with Gasteiger partial charge in [0.1, 0.15) is 0 Å². The highest BCUT2D eigenvalue weighted by molar-refractivity contribution is 6.32. The van der Waals surface area contributed by atoms with E-state index in [-0.39, 0.29) is 22.4 Å². The van der Waals surface area contributed by atoms with Crippen LogP contribution in [0.25, 0.3) is 17.1 Å². The lowest BCUT2D eigenvalue weighted by Crippen LogP contribution is -2.08. The molecule has 0 saturated carbocycles. The molecule has 3 aromatic rings. The molecule has 0 atom stereocenters. The number of hydrogen-bond acceptors (Lipinski definition) is 4. The molecule has 1 aromatic heterocycles. The standard InChI is InChI=1S/C17H11ClF3N3O2/c1-26-16(25)14-22-15(10-5-3-2-4-6-10)24(23-14)13-8-7-11(9-12(13)18)17(19,20)21/h2-9H,1H3. The molecule has 9 heteroatoms. The molecule has 3 rings (SSSR count). The quantitative estimate of drug-likeness (QED) is 0.631. The average molecular weight is 382 g/mol. The summed E-state index contributed by atoms with van der Waals surface area (Å²) in [6.45, 7) is 0. The van der Waals surface area contributed by atoms with Crippen LogP contribution in [0, 0.1) is 0 Å². The maximum atomic E-state index is 12.8. The number of alkyl halides is 3. The SMILES string of the molecule is COC(=O)c1nc(-c2ccccc2)n(-c2ccc(C(F)(F)F)cc2Cl)n1. The third kappa shape index (κ3) is 3.41. The third-order valence-corrected chi connectivity index (χ3v) is 3.81. The van der Waals surface area contributed by atoms with Gasteiger partial charge in [0.05, 0.1) is 23.4 Å². The molecule has 0 unspecified atom stereocenters. The number of benzene rings is 2. The van der Waals surface area contributed by atoms with Crippen LogP contribution in [-0.2, 0) is 10.9 Å². The summed E-state index contributed by atoms with van der Waals surface area (Å²) in [4.78, 5) is 15.9. The number of esters is 1. The Hall–Kier alpha value is -2.87. The molecule has 0 aliphatic heterocycles. The molecule has 0 spiro atoms. The Kier molecular flexibility index (Phi) is 4.69. The van der Waals surface area contributed by atoms with Gasteiger partial charge in [-0.15, -0.1) is 5.10 Å². The highest BCUT2D eigenvalue weighted by atomic mass is 35.5. The van der Waals surface area contributed by atoms with Gasteiger partial charge in [-0.2, -0.15) is 13.2 Å². The van der Waals surface area contributed by atoms with E-state index >= 15 is 0 Å². The van der Waals surface area contributed by atoms with Crippen molar-refractivity contribution in [2.24, 2.45) is 0 Å². The molecule has 0 radical (unpaired) electrons. The summed E-state index contributed by atoms with van der Waals surface area (Å²) >= 11 is 6.05. The first-order valence-corrected chi connectivity index (χ1v) is 7.67. The number of rotatable bonds is 3. The van der Waals surface area contributed by atoms with E-state index in [1.807, 2.05) is 0 Å². The number of nitrogens with zero attached hydrogens (tertiary/aromatic N) is 3. The van der Waals surface area contributed by atoms with Crippen LogP contribution in [0.5, 0.6) is 0 Å². The van der Waals surface area contributed by atoms with Crippen molar-refractivity contribution in [1.82, 2.24) is 14.8 Å². The van der Waals surface area contributed by atoms with Gasteiger partial charge in [-0.25, -0.2) is 14.5 Å². The Morgan fingerprint density at radius 1 is 1.15 bits per heavy atom. The fourth-order valence-corrected chi connectivity index (χ4v) is 2.55.